The first-order valence-corrected chi connectivity index (χ1v) is 7.78. The molecule has 3 rings (SSSR count). The van der Waals surface area contributed by atoms with Gasteiger partial charge in [-0.3, -0.25) is 9.59 Å². The van der Waals surface area contributed by atoms with Crippen molar-refractivity contribution in [1.29, 1.82) is 0 Å². The second kappa shape index (κ2) is 5.88. The molecule has 0 aromatic heterocycles. The minimum Gasteiger partial charge on any atom is -0.368 e. The Kier molecular flexibility index (Phi) is 3.90. The Morgan fingerprint density at radius 1 is 0.957 bits per heavy atom. The lowest BCUT2D eigenvalue weighted by molar-refractivity contribution is -0.128. The molecule has 0 fully saturated rings. The average molecular weight is 308 g/mol. The molecule has 0 bridgehead atoms. The zero-order chi connectivity index (χ0) is 16.6. The summed E-state index contributed by atoms with van der Waals surface area (Å²) in [5.74, 6) is -1.14. The molecule has 1 atom stereocenters. The average Bonchev–Trinajstić information content (AvgIpc) is 2.86. The fraction of sp³-hybridized carbons (Fsp3) is 0.263. The number of nitrogens with one attached hydrogen (secondary N) is 1. The van der Waals surface area contributed by atoms with Crippen LogP contribution < -0.4 is 11.1 Å². The highest BCUT2D eigenvalue weighted by Gasteiger charge is 2.35. The summed E-state index contributed by atoms with van der Waals surface area (Å²) in [6, 6.07) is 15.1. The molecule has 1 aliphatic carbocycles. The third kappa shape index (κ3) is 2.61. The van der Waals surface area contributed by atoms with Gasteiger partial charge in [-0.05, 0) is 28.2 Å². The number of amides is 2. The van der Waals surface area contributed by atoms with Crippen molar-refractivity contribution in [3.8, 4) is 11.1 Å². The van der Waals surface area contributed by atoms with Crippen LogP contribution in [0.3, 0.4) is 0 Å². The van der Waals surface area contributed by atoms with Crippen LogP contribution >= 0.6 is 0 Å². The Labute approximate surface area is 135 Å². The molecular weight excluding hydrogens is 288 g/mol. The van der Waals surface area contributed by atoms with E-state index in [2.05, 4.69) is 5.32 Å². The second-order valence-corrected chi connectivity index (χ2v) is 6.24. The Hall–Kier alpha value is -2.62. The molecule has 4 nitrogen and oxygen atoms in total. The molecule has 0 aliphatic heterocycles. The monoisotopic (exact) mass is 308 g/mol. The number of fused-ring (bicyclic) bond motifs is 3. The topological polar surface area (TPSA) is 72.2 Å². The van der Waals surface area contributed by atoms with E-state index in [4.69, 9.17) is 5.73 Å². The molecule has 3 N–H and O–H groups in total. The summed E-state index contributed by atoms with van der Waals surface area (Å²) in [5.41, 5.74) is 9.51. The number of hydrogen-bond acceptors (Lipinski definition) is 2. The van der Waals surface area contributed by atoms with Gasteiger partial charge in [0.15, 0.2) is 0 Å². The van der Waals surface area contributed by atoms with Gasteiger partial charge < -0.3 is 11.1 Å². The predicted molar refractivity (Wildman–Crippen MR) is 89.7 cm³/mol. The lowest BCUT2D eigenvalue weighted by Gasteiger charge is -2.22. The van der Waals surface area contributed by atoms with Crippen LogP contribution in [0.2, 0.25) is 0 Å². The summed E-state index contributed by atoms with van der Waals surface area (Å²) < 4.78 is 0. The molecule has 2 aromatic carbocycles. The van der Waals surface area contributed by atoms with Crippen LogP contribution in [0.15, 0.2) is 48.5 Å². The second-order valence-electron chi connectivity index (χ2n) is 6.24. The van der Waals surface area contributed by atoms with Crippen molar-refractivity contribution < 1.29 is 9.59 Å². The van der Waals surface area contributed by atoms with Gasteiger partial charge in [0.1, 0.15) is 6.04 Å². The lowest BCUT2D eigenvalue weighted by Crippen LogP contribution is -2.49. The Morgan fingerprint density at radius 2 is 1.43 bits per heavy atom. The van der Waals surface area contributed by atoms with Gasteiger partial charge in [0.25, 0.3) is 0 Å². The first kappa shape index (κ1) is 15.3. The number of benzene rings is 2. The number of rotatable bonds is 4. The highest BCUT2D eigenvalue weighted by atomic mass is 16.2. The molecule has 2 aromatic rings. The van der Waals surface area contributed by atoms with Crippen LogP contribution in [0, 0.1) is 5.92 Å². The SMILES string of the molecule is CC(C)[C@@H](NC(=O)C1c2ccccc2-c2ccccc21)C(N)=O. The molecule has 118 valence electrons. The van der Waals surface area contributed by atoms with Gasteiger partial charge >= 0.3 is 0 Å². The molecule has 0 unspecified atom stereocenters. The number of hydrogen-bond donors (Lipinski definition) is 2. The fourth-order valence-electron chi connectivity index (χ4n) is 3.24. The van der Waals surface area contributed by atoms with E-state index >= 15 is 0 Å². The number of nitrogens with two attached hydrogens (primary N) is 1. The Bertz CT molecular complexity index is 722. The Morgan fingerprint density at radius 3 is 1.87 bits per heavy atom. The molecule has 23 heavy (non-hydrogen) atoms. The predicted octanol–water partition coefficient (Wildman–Crippen LogP) is 2.42. The van der Waals surface area contributed by atoms with Crippen molar-refractivity contribution in [2.45, 2.75) is 25.8 Å². The number of carbonyl (C=O) groups is 2. The summed E-state index contributed by atoms with van der Waals surface area (Å²) in [6.45, 7) is 3.73. The molecule has 0 saturated heterocycles. The quantitative estimate of drug-likeness (QED) is 0.910. The van der Waals surface area contributed by atoms with E-state index in [0.717, 1.165) is 22.3 Å². The van der Waals surface area contributed by atoms with Gasteiger partial charge in [0.05, 0.1) is 5.92 Å². The van der Waals surface area contributed by atoms with Crippen molar-refractivity contribution >= 4 is 11.8 Å². The summed E-state index contributed by atoms with van der Waals surface area (Å²) in [7, 11) is 0. The standard InChI is InChI=1S/C19H20N2O2/c1-11(2)17(18(20)22)21-19(23)16-14-9-5-3-7-12(14)13-8-4-6-10-15(13)16/h3-11,16-17H,1-2H3,(H2,20,22)(H,21,23)/t17-/m1/s1. The van der Waals surface area contributed by atoms with Crippen LogP contribution in [0.25, 0.3) is 11.1 Å². The molecule has 0 heterocycles. The van der Waals surface area contributed by atoms with E-state index in [-0.39, 0.29) is 11.8 Å². The van der Waals surface area contributed by atoms with Crippen LogP contribution in [0.1, 0.15) is 30.9 Å². The van der Waals surface area contributed by atoms with Crippen LogP contribution in [0.4, 0.5) is 0 Å². The van der Waals surface area contributed by atoms with Crippen molar-refractivity contribution in [2.24, 2.45) is 11.7 Å². The summed E-state index contributed by atoms with van der Waals surface area (Å²) in [5, 5.41) is 2.83. The van der Waals surface area contributed by atoms with Gasteiger partial charge in [0, 0.05) is 0 Å². The smallest absolute Gasteiger partial charge is 0.240 e. The fourth-order valence-corrected chi connectivity index (χ4v) is 3.24. The maximum Gasteiger partial charge on any atom is 0.240 e. The Balaban J connectivity index is 1.99. The maximum absolute atomic E-state index is 12.9. The van der Waals surface area contributed by atoms with Crippen molar-refractivity contribution in [3.05, 3.63) is 59.7 Å². The molecule has 0 spiro atoms. The van der Waals surface area contributed by atoms with Gasteiger partial charge in [-0.1, -0.05) is 62.4 Å². The van der Waals surface area contributed by atoms with E-state index in [1.165, 1.54) is 0 Å². The van der Waals surface area contributed by atoms with Crippen LogP contribution in [-0.4, -0.2) is 17.9 Å². The molecule has 0 saturated carbocycles. The summed E-state index contributed by atoms with van der Waals surface area (Å²) in [6.07, 6.45) is 0. The molecule has 0 radical (unpaired) electrons. The van der Waals surface area contributed by atoms with E-state index in [9.17, 15) is 9.59 Å². The van der Waals surface area contributed by atoms with Crippen LogP contribution in [0.5, 0.6) is 0 Å². The molecule has 2 amide bonds. The number of carbonyl (C=O) groups excluding carboxylic acids is 2. The minimum absolute atomic E-state index is 0.0525. The maximum atomic E-state index is 12.9. The van der Waals surface area contributed by atoms with E-state index in [1.54, 1.807) is 0 Å². The highest BCUT2D eigenvalue weighted by molar-refractivity contribution is 5.98. The zero-order valence-corrected chi connectivity index (χ0v) is 13.2. The highest BCUT2D eigenvalue weighted by Crippen LogP contribution is 2.44. The van der Waals surface area contributed by atoms with E-state index < -0.39 is 17.9 Å². The van der Waals surface area contributed by atoms with Crippen molar-refractivity contribution in [1.82, 2.24) is 5.32 Å². The lowest BCUT2D eigenvalue weighted by atomic mass is 9.94. The molecule has 4 heteroatoms. The van der Waals surface area contributed by atoms with Gasteiger partial charge in [-0.15, -0.1) is 0 Å². The van der Waals surface area contributed by atoms with Gasteiger partial charge in [0.2, 0.25) is 11.8 Å². The van der Waals surface area contributed by atoms with Crippen LogP contribution in [-0.2, 0) is 9.59 Å². The molecular formula is C19H20N2O2. The normalized spacial score (nSPS) is 14.2. The summed E-state index contributed by atoms with van der Waals surface area (Å²) in [4.78, 5) is 24.5. The van der Waals surface area contributed by atoms with E-state index in [1.807, 2.05) is 62.4 Å². The van der Waals surface area contributed by atoms with Gasteiger partial charge in [-0.2, -0.15) is 0 Å². The first-order chi connectivity index (χ1) is 11.0. The summed E-state index contributed by atoms with van der Waals surface area (Å²) >= 11 is 0. The first-order valence-electron chi connectivity index (χ1n) is 7.78. The van der Waals surface area contributed by atoms with Crippen molar-refractivity contribution in [2.75, 3.05) is 0 Å². The third-order valence-corrected chi connectivity index (χ3v) is 4.37. The molecule has 1 aliphatic rings. The number of primary amides is 1. The minimum atomic E-state index is -0.664. The largest absolute Gasteiger partial charge is 0.368 e. The third-order valence-electron chi connectivity index (χ3n) is 4.37. The van der Waals surface area contributed by atoms with Gasteiger partial charge in [-0.25, -0.2) is 0 Å². The van der Waals surface area contributed by atoms with Crippen molar-refractivity contribution in [3.63, 3.8) is 0 Å². The zero-order valence-electron chi connectivity index (χ0n) is 13.2. The van der Waals surface area contributed by atoms with E-state index in [0.29, 0.717) is 0 Å².